The van der Waals surface area contributed by atoms with Gasteiger partial charge in [-0.15, -0.1) is 0 Å². The summed E-state index contributed by atoms with van der Waals surface area (Å²) in [4.78, 5) is 10.7. The average molecular weight is 273 g/mol. The minimum Gasteiger partial charge on any atom is -0.461 e. The van der Waals surface area contributed by atoms with Gasteiger partial charge in [0.1, 0.15) is 6.61 Å². The molecule has 5 heteroatoms. The van der Waals surface area contributed by atoms with Crippen molar-refractivity contribution in [3.05, 3.63) is 22.2 Å². The van der Waals surface area contributed by atoms with Crippen molar-refractivity contribution in [1.29, 1.82) is 0 Å². The van der Waals surface area contributed by atoms with E-state index in [-0.39, 0.29) is 19.4 Å². The fourth-order valence-corrected chi connectivity index (χ4v) is 1.69. The van der Waals surface area contributed by atoms with Crippen LogP contribution in [0.2, 0.25) is 0 Å². The number of hydrogen-bond donors (Lipinski definition) is 0. The number of esters is 1. The maximum atomic E-state index is 10.7. The second-order valence-electron chi connectivity index (χ2n) is 3.08. The molecule has 1 aliphatic heterocycles. The minimum atomic E-state index is -0.306. The highest BCUT2D eigenvalue weighted by atomic mass is 79.9. The Morgan fingerprint density at radius 2 is 2.13 bits per heavy atom. The molecule has 0 aliphatic carbocycles. The first-order chi connectivity index (χ1) is 7.16. The lowest BCUT2D eigenvalue weighted by atomic mass is 10.2. The van der Waals surface area contributed by atoms with Crippen LogP contribution in [-0.2, 0) is 16.1 Å². The summed E-state index contributed by atoms with van der Waals surface area (Å²) in [5.41, 5.74) is 0.856. The third-order valence-corrected chi connectivity index (χ3v) is 2.71. The van der Waals surface area contributed by atoms with Crippen LogP contribution in [-0.4, -0.2) is 12.8 Å². The van der Waals surface area contributed by atoms with E-state index in [4.69, 9.17) is 14.2 Å². The number of halogens is 1. The van der Waals surface area contributed by atoms with Crippen LogP contribution in [0.15, 0.2) is 16.6 Å². The molecular weight excluding hydrogens is 264 g/mol. The molecule has 0 saturated heterocycles. The molecule has 4 nitrogen and oxygen atoms in total. The summed E-state index contributed by atoms with van der Waals surface area (Å²) < 4.78 is 16.2. The van der Waals surface area contributed by atoms with Gasteiger partial charge in [-0.05, 0) is 12.1 Å². The Kier molecular flexibility index (Phi) is 2.81. The predicted octanol–water partition coefficient (Wildman–Crippen LogP) is 2.24. The van der Waals surface area contributed by atoms with E-state index < -0.39 is 0 Å². The quantitative estimate of drug-likeness (QED) is 0.775. The number of fused-ring (bicyclic) bond motifs is 1. The molecule has 1 aliphatic rings. The van der Waals surface area contributed by atoms with Crippen LogP contribution in [0, 0.1) is 0 Å². The highest BCUT2D eigenvalue weighted by Crippen LogP contribution is 2.37. The van der Waals surface area contributed by atoms with Crippen molar-refractivity contribution < 1.29 is 19.0 Å². The van der Waals surface area contributed by atoms with Crippen molar-refractivity contribution in [3.63, 3.8) is 0 Å². The van der Waals surface area contributed by atoms with Crippen LogP contribution in [0.3, 0.4) is 0 Å². The van der Waals surface area contributed by atoms with Crippen LogP contribution >= 0.6 is 15.9 Å². The van der Waals surface area contributed by atoms with E-state index in [2.05, 4.69) is 15.9 Å². The topological polar surface area (TPSA) is 44.8 Å². The molecule has 0 spiro atoms. The number of benzene rings is 1. The van der Waals surface area contributed by atoms with E-state index in [0.29, 0.717) is 11.5 Å². The van der Waals surface area contributed by atoms with Crippen molar-refractivity contribution in [2.45, 2.75) is 13.5 Å². The van der Waals surface area contributed by atoms with Gasteiger partial charge in [-0.1, -0.05) is 15.9 Å². The lowest BCUT2D eigenvalue weighted by Crippen LogP contribution is -1.99. The first-order valence-electron chi connectivity index (χ1n) is 4.38. The van der Waals surface area contributed by atoms with Crippen LogP contribution in [0.1, 0.15) is 12.5 Å². The molecular formula is C10H9BrO4. The standard InChI is InChI=1S/C10H9BrO4/c1-6(12)13-4-7-2-9-10(3-8(7)11)15-5-14-9/h2-3H,4-5H2,1H3. The number of ether oxygens (including phenoxy) is 3. The number of hydrogen-bond acceptors (Lipinski definition) is 4. The largest absolute Gasteiger partial charge is 0.461 e. The van der Waals surface area contributed by atoms with Crippen molar-refractivity contribution in [3.8, 4) is 11.5 Å². The average Bonchev–Trinajstić information content (AvgIpc) is 2.60. The van der Waals surface area contributed by atoms with Gasteiger partial charge in [0, 0.05) is 17.0 Å². The summed E-state index contributed by atoms with van der Waals surface area (Å²) in [7, 11) is 0. The molecule has 0 fully saturated rings. The summed E-state index contributed by atoms with van der Waals surface area (Å²) in [6, 6.07) is 3.61. The van der Waals surface area contributed by atoms with Gasteiger partial charge >= 0.3 is 5.97 Å². The second kappa shape index (κ2) is 4.10. The zero-order chi connectivity index (χ0) is 10.8. The minimum absolute atomic E-state index is 0.229. The monoisotopic (exact) mass is 272 g/mol. The Morgan fingerprint density at radius 1 is 1.47 bits per heavy atom. The molecule has 0 saturated carbocycles. The SMILES string of the molecule is CC(=O)OCc1cc2c(cc1Br)OCO2. The Bertz CT molecular complexity index is 403. The molecule has 15 heavy (non-hydrogen) atoms. The van der Waals surface area contributed by atoms with Gasteiger partial charge in [0.2, 0.25) is 6.79 Å². The highest BCUT2D eigenvalue weighted by Gasteiger charge is 2.16. The van der Waals surface area contributed by atoms with Crippen molar-refractivity contribution in [1.82, 2.24) is 0 Å². The Morgan fingerprint density at radius 3 is 2.80 bits per heavy atom. The van der Waals surface area contributed by atoms with Gasteiger partial charge < -0.3 is 14.2 Å². The van der Waals surface area contributed by atoms with E-state index in [1.807, 2.05) is 0 Å². The molecule has 1 aromatic rings. The molecule has 1 heterocycles. The maximum Gasteiger partial charge on any atom is 0.302 e. The molecule has 0 aromatic heterocycles. The third-order valence-electron chi connectivity index (χ3n) is 1.97. The molecule has 0 bridgehead atoms. The van der Waals surface area contributed by atoms with Crippen LogP contribution in [0.25, 0.3) is 0 Å². The summed E-state index contributed by atoms with van der Waals surface area (Å²) >= 11 is 3.37. The predicted molar refractivity (Wildman–Crippen MR) is 55.7 cm³/mol. The zero-order valence-electron chi connectivity index (χ0n) is 8.08. The Balaban J connectivity index is 2.21. The Hall–Kier alpha value is -1.23. The summed E-state index contributed by atoms with van der Waals surface area (Å²) in [6.07, 6.45) is 0. The van der Waals surface area contributed by atoms with Crippen molar-refractivity contribution >= 4 is 21.9 Å². The zero-order valence-corrected chi connectivity index (χ0v) is 9.67. The first-order valence-corrected chi connectivity index (χ1v) is 5.17. The van der Waals surface area contributed by atoms with E-state index in [1.165, 1.54) is 6.92 Å². The van der Waals surface area contributed by atoms with Gasteiger partial charge in [0.15, 0.2) is 11.5 Å². The fraction of sp³-hybridized carbons (Fsp3) is 0.300. The third kappa shape index (κ3) is 2.23. The molecule has 0 atom stereocenters. The van der Waals surface area contributed by atoms with E-state index in [9.17, 15) is 4.79 Å². The number of rotatable bonds is 2. The Labute approximate surface area is 95.3 Å². The fourth-order valence-electron chi connectivity index (χ4n) is 1.25. The molecule has 0 amide bonds. The van der Waals surface area contributed by atoms with Crippen molar-refractivity contribution in [2.24, 2.45) is 0 Å². The molecule has 0 unspecified atom stereocenters. The highest BCUT2D eigenvalue weighted by molar-refractivity contribution is 9.10. The van der Waals surface area contributed by atoms with Gasteiger partial charge in [-0.25, -0.2) is 0 Å². The van der Waals surface area contributed by atoms with Gasteiger partial charge in [-0.2, -0.15) is 0 Å². The second-order valence-corrected chi connectivity index (χ2v) is 3.93. The molecule has 2 rings (SSSR count). The van der Waals surface area contributed by atoms with Gasteiger partial charge in [-0.3, -0.25) is 4.79 Å². The first kappa shape index (κ1) is 10.3. The number of carbonyl (C=O) groups is 1. The summed E-state index contributed by atoms with van der Waals surface area (Å²) in [5, 5.41) is 0. The lowest BCUT2D eigenvalue weighted by Gasteiger charge is -2.06. The maximum absolute atomic E-state index is 10.7. The molecule has 0 radical (unpaired) electrons. The number of carbonyl (C=O) groups excluding carboxylic acids is 1. The van der Waals surface area contributed by atoms with Crippen LogP contribution < -0.4 is 9.47 Å². The smallest absolute Gasteiger partial charge is 0.302 e. The molecule has 80 valence electrons. The molecule has 0 N–H and O–H groups in total. The van der Waals surface area contributed by atoms with Crippen molar-refractivity contribution in [2.75, 3.05) is 6.79 Å². The van der Waals surface area contributed by atoms with E-state index in [1.54, 1.807) is 12.1 Å². The van der Waals surface area contributed by atoms with Crippen LogP contribution in [0.4, 0.5) is 0 Å². The lowest BCUT2D eigenvalue weighted by molar-refractivity contribution is -0.142. The van der Waals surface area contributed by atoms with Crippen LogP contribution in [0.5, 0.6) is 11.5 Å². The van der Waals surface area contributed by atoms with E-state index in [0.717, 1.165) is 10.0 Å². The van der Waals surface area contributed by atoms with Gasteiger partial charge in [0.05, 0.1) is 0 Å². The van der Waals surface area contributed by atoms with E-state index >= 15 is 0 Å². The van der Waals surface area contributed by atoms with Gasteiger partial charge in [0.25, 0.3) is 0 Å². The summed E-state index contributed by atoms with van der Waals surface area (Å²) in [5.74, 6) is 1.08. The normalized spacial score (nSPS) is 12.7. The summed E-state index contributed by atoms with van der Waals surface area (Å²) in [6.45, 7) is 1.84. The molecule has 1 aromatic carbocycles.